The van der Waals surface area contributed by atoms with Crippen molar-refractivity contribution in [1.82, 2.24) is 19.8 Å². The van der Waals surface area contributed by atoms with Gasteiger partial charge in [0.1, 0.15) is 23.7 Å². The lowest BCUT2D eigenvalue weighted by Gasteiger charge is -2.22. The number of pyridine rings is 2. The van der Waals surface area contributed by atoms with E-state index in [4.69, 9.17) is 33.2 Å². The topological polar surface area (TPSA) is 184 Å². The lowest BCUT2D eigenvalue weighted by atomic mass is 10.3. The van der Waals surface area contributed by atoms with Gasteiger partial charge in [0.15, 0.2) is 0 Å². The maximum Gasteiger partial charge on any atom is 0.356 e. The summed E-state index contributed by atoms with van der Waals surface area (Å²) in [6, 6.07) is 17.4. The molecule has 324 valence electrons. The Morgan fingerprint density at radius 1 is 0.695 bits per heavy atom. The van der Waals surface area contributed by atoms with Crippen LogP contribution in [0.3, 0.4) is 0 Å². The number of ether oxygens (including phenoxy) is 7. The van der Waals surface area contributed by atoms with Gasteiger partial charge in [-0.25, -0.2) is 19.6 Å². The van der Waals surface area contributed by atoms with Crippen molar-refractivity contribution in [1.29, 1.82) is 0 Å². The molecule has 16 nitrogen and oxygen atoms in total. The summed E-state index contributed by atoms with van der Waals surface area (Å²) in [6.07, 6.45) is 0.915. The first-order valence-corrected chi connectivity index (χ1v) is 21.0. The van der Waals surface area contributed by atoms with Crippen LogP contribution in [0.15, 0.2) is 65.7 Å². The summed E-state index contributed by atoms with van der Waals surface area (Å²) >= 11 is 6.42. The molecule has 18 heteroatoms. The molecular formula is C41H57N5O11S2. The molecule has 0 spiro atoms. The summed E-state index contributed by atoms with van der Waals surface area (Å²) in [4.78, 5) is 39.9. The van der Waals surface area contributed by atoms with Crippen molar-refractivity contribution in [2.45, 2.75) is 19.5 Å². The van der Waals surface area contributed by atoms with Crippen LogP contribution >= 0.6 is 24.0 Å². The first-order chi connectivity index (χ1) is 28.9. The summed E-state index contributed by atoms with van der Waals surface area (Å²) in [7, 11) is 1.31. The Balaban J connectivity index is 1.23. The van der Waals surface area contributed by atoms with Gasteiger partial charge in [-0.3, -0.25) is 9.80 Å². The zero-order valence-corrected chi connectivity index (χ0v) is 35.4. The van der Waals surface area contributed by atoms with Crippen LogP contribution in [0.1, 0.15) is 38.8 Å². The zero-order valence-electron chi connectivity index (χ0n) is 33.7. The van der Waals surface area contributed by atoms with Gasteiger partial charge >= 0.3 is 11.9 Å². The number of aliphatic hydroxyl groups excluding tert-OH is 1. The fraction of sp³-hybridized carbons (Fsp3) is 0.537. The number of aliphatic imine (C=N–C) groups is 1. The van der Waals surface area contributed by atoms with Crippen LogP contribution < -0.4 is 4.74 Å². The minimum Gasteiger partial charge on any atom is -0.491 e. The van der Waals surface area contributed by atoms with E-state index in [2.05, 4.69) is 37.2 Å². The molecule has 3 rings (SSSR count). The number of aromatic nitrogens is 2. The predicted octanol–water partition coefficient (Wildman–Crippen LogP) is 4.28. The van der Waals surface area contributed by atoms with Crippen molar-refractivity contribution < 1.29 is 53.0 Å². The lowest BCUT2D eigenvalue weighted by Crippen LogP contribution is -2.32. The van der Waals surface area contributed by atoms with Crippen molar-refractivity contribution in [3.63, 3.8) is 0 Å². The third-order valence-corrected chi connectivity index (χ3v) is 9.40. The van der Waals surface area contributed by atoms with Gasteiger partial charge in [-0.1, -0.05) is 12.1 Å². The number of thioether (sulfide) groups is 1. The van der Waals surface area contributed by atoms with Crippen molar-refractivity contribution >= 4 is 46.8 Å². The maximum absolute atomic E-state index is 11.8. The molecule has 0 radical (unpaired) electrons. The number of carboxylic acid groups (broad SMARTS) is 1. The number of isothiocyanates is 1. The zero-order chi connectivity index (χ0) is 42.2. The summed E-state index contributed by atoms with van der Waals surface area (Å²) in [6.45, 7) is 8.53. The smallest absolute Gasteiger partial charge is 0.356 e. The maximum atomic E-state index is 11.8. The number of carboxylic acids is 1. The van der Waals surface area contributed by atoms with E-state index in [0.29, 0.717) is 123 Å². The number of aliphatic hydroxyl groups is 1. The second kappa shape index (κ2) is 31.9. The highest BCUT2D eigenvalue weighted by molar-refractivity contribution is 7.99. The Hall–Kier alpha value is -3.91. The van der Waals surface area contributed by atoms with Crippen LogP contribution in [0, 0.1) is 0 Å². The fourth-order valence-electron chi connectivity index (χ4n) is 5.31. The molecule has 0 saturated carbocycles. The standard InChI is InChI=1S/C41H57N5O11S2/c1-51-41(50)39-8-3-6-36(44-39)31-45(13-17-47)14-20-53-22-23-54-21-16-46(32-35-5-2-7-38(43-35)40(48)49)15-19-52-18-4-29-59-30-28-56-25-24-55-26-27-57-37-11-9-34(10-12-37)42-33-58/h2-3,5-12,47H,4,13-32H2,1H3,(H,48,49). The monoisotopic (exact) mass is 859 g/mol. The second-order valence-electron chi connectivity index (χ2n) is 12.7. The Morgan fingerprint density at radius 3 is 1.83 bits per heavy atom. The van der Waals surface area contributed by atoms with E-state index in [-0.39, 0.29) is 18.0 Å². The predicted molar refractivity (Wildman–Crippen MR) is 227 cm³/mol. The summed E-state index contributed by atoms with van der Waals surface area (Å²) < 4.78 is 39.2. The third kappa shape index (κ3) is 22.9. The molecule has 1 aromatic carbocycles. The second-order valence-corrected chi connectivity index (χ2v) is 14.1. The SMILES string of the molecule is COC(=O)c1cccc(CN(CCO)CCOCCOCCN(CCOCCCSCCOCCOCCOc2ccc(N=C=S)cc2)Cc2cccc(C(=O)O)n2)n1. The molecule has 0 amide bonds. The third-order valence-electron chi connectivity index (χ3n) is 8.27. The Kier molecular flexibility index (Phi) is 26.8. The van der Waals surface area contributed by atoms with Gasteiger partial charge in [0, 0.05) is 51.6 Å². The first-order valence-electron chi connectivity index (χ1n) is 19.5. The van der Waals surface area contributed by atoms with Crippen LogP contribution in [0.25, 0.3) is 0 Å². The molecule has 59 heavy (non-hydrogen) atoms. The van der Waals surface area contributed by atoms with Crippen LogP contribution in [0.4, 0.5) is 5.69 Å². The molecule has 0 atom stereocenters. The van der Waals surface area contributed by atoms with E-state index >= 15 is 0 Å². The molecule has 2 N–H and O–H groups in total. The van der Waals surface area contributed by atoms with E-state index < -0.39 is 11.9 Å². The number of hydrogen-bond acceptors (Lipinski definition) is 17. The Labute approximate surface area is 356 Å². The number of rotatable bonds is 35. The van der Waals surface area contributed by atoms with Crippen LogP contribution in [0.2, 0.25) is 0 Å². The molecule has 0 saturated heterocycles. The van der Waals surface area contributed by atoms with Gasteiger partial charge in [-0.2, -0.15) is 16.8 Å². The summed E-state index contributed by atoms with van der Waals surface area (Å²) in [5, 5.41) is 21.2. The summed E-state index contributed by atoms with van der Waals surface area (Å²) in [5.74, 6) is 1.03. The number of esters is 1. The number of thiocarbonyl (C=S) groups is 1. The van der Waals surface area contributed by atoms with Crippen molar-refractivity contribution in [3.8, 4) is 5.75 Å². The Morgan fingerprint density at radius 2 is 1.24 bits per heavy atom. The minimum atomic E-state index is -1.07. The van der Waals surface area contributed by atoms with E-state index in [1.165, 1.54) is 13.2 Å². The largest absolute Gasteiger partial charge is 0.491 e. The average molecular weight is 860 g/mol. The highest BCUT2D eigenvalue weighted by atomic mass is 32.2. The number of aromatic carboxylic acids is 1. The van der Waals surface area contributed by atoms with Crippen LogP contribution in [-0.2, 0) is 41.5 Å². The Bertz CT molecular complexity index is 1650. The lowest BCUT2D eigenvalue weighted by molar-refractivity contribution is 0.0244. The number of benzene rings is 1. The fourth-order valence-corrected chi connectivity index (χ4v) is 6.18. The molecule has 3 aromatic rings. The molecule has 0 bridgehead atoms. The van der Waals surface area contributed by atoms with Gasteiger partial charge in [-0.15, -0.1) is 0 Å². The van der Waals surface area contributed by atoms with E-state index in [1.807, 2.05) is 53.1 Å². The van der Waals surface area contributed by atoms with Gasteiger partial charge in [0.05, 0.1) is 95.4 Å². The van der Waals surface area contributed by atoms with Crippen molar-refractivity contribution in [3.05, 3.63) is 83.4 Å². The quantitative estimate of drug-likeness (QED) is 0.0370. The van der Waals surface area contributed by atoms with Gasteiger partial charge in [-0.05, 0) is 72.9 Å². The highest BCUT2D eigenvalue weighted by Crippen LogP contribution is 2.17. The number of nitrogens with zero attached hydrogens (tertiary/aromatic N) is 5. The van der Waals surface area contributed by atoms with E-state index in [9.17, 15) is 19.8 Å². The van der Waals surface area contributed by atoms with Crippen LogP contribution in [-0.4, -0.2) is 171 Å². The van der Waals surface area contributed by atoms with Crippen molar-refractivity contribution in [2.24, 2.45) is 4.99 Å². The van der Waals surface area contributed by atoms with Crippen molar-refractivity contribution in [2.75, 3.05) is 124 Å². The highest BCUT2D eigenvalue weighted by Gasteiger charge is 2.13. The van der Waals surface area contributed by atoms with E-state index in [1.54, 1.807) is 18.2 Å². The van der Waals surface area contributed by atoms with Crippen LogP contribution in [0.5, 0.6) is 5.75 Å². The average Bonchev–Trinajstić information content (AvgIpc) is 3.24. The molecule has 2 aromatic heterocycles. The molecular weight excluding hydrogens is 803 g/mol. The van der Waals surface area contributed by atoms with E-state index in [0.717, 1.165) is 29.4 Å². The molecule has 0 fully saturated rings. The van der Waals surface area contributed by atoms with Gasteiger partial charge in [0.25, 0.3) is 0 Å². The summed E-state index contributed by atoms with van der Waals surface area (Å²) in [5.41, 5.74) is 2.32. The van der Waals surface area contributed by atoms with Gasteiger partial charge < -0.3 is 43.4 Å². The van der Waals surface area contributed by atoms with Gasteiger partial charge in [0.2, 0.25) is 0 Å². The first kappa shape index (κ1) is 49.5. The molecule has 0 aliphatic heterocycles. The minimum absolute atomic E-state index is 0.00551. The molecule has 2 heterocycles. The molecule has 0 unspecified atom stereocenters. The number of methoxy groups -OCH3 is 1. The molecule has 0 aliphatic carbocycles. The molecule has 0 aliphatic rings. The normalized spacial score (nSPS) is 11.2. The number of hydrogen-bond donors (Lipinski definition) is 2. The number of carbonyl (C=O) groups excluding carboxylic acids is 1. The number of carbonyl (C=O) groups is 2.